The summed E-state index contributed by atoms with van der Waals surface area (Å²) in [6, 6.07) is 0. The number of carbonyl (C=O) groups is 1. The van der Waals surface area contributed by atoms with Gasteiger partial charge in [-0.15, -0.1) is 0 Å². The second kappa shape index (κ2) is 7.24. The van der Waals surface area contributed by atoms with E-state index >= 15 is 0 Å². The molecule has 1 rings (SSSR count). The van der Waals surface area contributed by atoms with Crippen molar-refractivity contribution >= 4 is 11.9 Å². The van der Waals surface area contributed by atoms with Crippen LogP contribution in [0, 0.1) is 6.33 Å². The third-order valence-electron chi connectivity index (χ3n) is 0.833. The molecule has 0 bridgehead atoms. The Morgan fingerprint density at radius 2 is 2.17 bits per heavy atom. The van der Waals surface area contributed by atoms with Gasteiger partial charge in [0.25, 0.3) is 0 Å². The Bertz CT molecular complexity index is 249. The molecule has 2 radical (unpaired) electrons. The van der Waals surface area contributed by atoms with E-state index in [0.29, 0.717) is 0 Å². The van der Waals surface area contributed by atoms with Crippen molar-refractivity contribution in [1.82, 2.24) is 14.8 Å². The van der Waals surface area contributed by atoms with Crippen LogP contribution in [0.2, 0.25) is 0 Å². The molecular weight excluding hydrogens is 310 g/mol. The topological polar surface area (TPSA) is 59.8 Å². The van der Waals surface area contributed by atoms with Crippen LogP contribution in [-0.2, 0) is 77.3 Å². The van der Waals surface area contributed by atoms with Crippen LogP contribution in [0.1, 0.15) is 6.92 Å². The molecule has 1 heterocycles. The summed E-state index contributed by atoms with van der Waals surface area (Å²) in [5.41, 5.74) is 0. The van der Waals surface area contributed by atoms with E-state index in [4.69, 9.17) is 0 Å². The molecule has 0 aromatic carbocycles. The molecule has 5 nitrogen and oxygen atoms in total. The molecule has 0 aliphatic carbocycles. The summed E-state index contributed by atoms with van der Waals surface area (Å²) >= 11 is 0. The van der Waals surface area contributed by atoms with Gasteiger partial charge < -0.3 is 15.0 Å². The Kier molecular flexibility index (Phi) is 9.23. The summed E-state index contributed by atoms with van der Waals surface area (Å²) in [5, 5.41) is 6.18. The Morgan fingerprint density at radius 3 is 2.50 bits per heavy atom. The van der Waals surface area contributed by atoms with Gasteiger partial charge in [0.05, 0.1) is 5.95 Å². The molecule has 60 valence electrons. The van der Waals surface area contributed by atoms with E-state index in [0.717, 1.165) is 0 Å². The standard InChI is InChI=1S/C5H7N4O.2Y/c1-4(10)7-5-6-3-9(2)8-5;;/h1-2H3,(H,7,8,10);;/q-1;;. The minimum Gasteiger partial charge on any atom is -0.400 e. The molecule has 12 heavy (non-hydrogen) atoms. The molecule has 1 amide bonds. The average molecular weight is 317 g/mol. The van der Waals surface area contributed by atoms with Gasteiger partial charge in [-0.3, -0.25) is 9.89 Å². The number of anilines is 1. The van der Waals surface area contributed by atoms with E-state index in [1.54, 1.807) is 7.05 Å². The Hall–Kier alpha value is 0.818. The number of rotatable bonds is 1. The van der Waals surface area contributed by atoms with E-state index < -0.39 is 0 Å². The van der Waals surface area contributed by atoms with E-state index in [9.17, 15) is 4.79 Å². The quantitative estimate of drug-likeness (QED) is 0.715. The first-order valence-electron chi connectivity index (χ1n) is 2.75. The third kappa shape index (κ3) is 5.46. The maximum Gasteiger partial charge on any atom is 0.207 e. The molecule has 0 fully saturated rings. The first kappa shape index (κ1) is 15.3. The second-order valence-electron chi connectivity index (χ2n) is 1.84. The maximum absolute atomic E-state index is 10.4. The van der Waals surface area contributed by atoms with Crippen LogP contribution in [0.5, 0.6) is 0 Å². The molecule has 0 saturated heterocycles. The van der Waals surface area contributed by atoms with E-state index in [-0.39, 0.29) is 77.3 Å². The first-order valence-corrected chi connectivity index (χ1v) is 2.75. The van der Waals surface area contributed by atoms with E-state index in [1.807, 2.05) is 0 Å². The molecule has 0 atom stereocenters. The number of hydrogen-bond donors (Lipinski definition) is 1. The van der Waals surface area contributed by atoms with Gasteiger partial charge in [0.1, 0.15) is 0 Å². The molecule has 0 aliphatic heterocycles. The summed E-state index contributed by atoms with van der Waals surface area (Å²) in [6.45, 7) is 1.40. The van der Waals surface area contributed by atoms with Crippen molar-refractivity contribution in [2.45, 2.75) is 6.92 Å². The van der Waals surface area contributed by atoms with Gasteiger partial charge >= 0.3 is 0 Å². The van der Waals surface area contributed by atoms with Crippen LogP contribution in [0.3, 0.4) is 0 Å². The van der Waals surface area contributed by atoms with Gasteiger partial charge in [-0.2, -0.15) is 0 Å². The van der Waals surface area contributed by atoms with Crippen LogP contribution < -0.4 is 5.32 Å². The van der Waals surface area contributed by atoms with Gasteiger partial charge in [0, 0.05) is 79.4 Å². The average Bonchev–Trinajstić information content (AvgIpc) is 2.13. The Labute approximate surface area is 121 Å². The second-order valence-corrected chi connectivity index (χ2v) is 1.84. The molecule has 0 saturated carbocycles. The molecule has 1 aromatic rings. The van der Waals surface area contributed by atoms with Gasteiger partial charge in [0.2, 0.25) is 5.91 Å². The molecule has 0 unspecified atom stereocenters. The fourth-order valence-corrected chi connectivity index (χ4v) is 0.517. The van der Waals surface area contributed by atoms with Gasteiger partial charge in [-0.25, -0.2) is 0 Å². The van der Waals surface area contributed by atoms with Crippen LogP contribution >= 0.6 is 0 Å². The summed E-state index contributed by atoms with van der Waals surface area (Å²) in [5.74, 6) is 0.106. The van der Waals surface area contributed by atoms with E-state index in [1.165, 1.54) is 11.6 Å². The van der Waals surface area contributed by atoms with Crippen LogP contribution in [-0.4, -0.2) is 20.7 Å². The zero-order valence-electron chi connectivity index (χ0n) is 6.90. The normalized spacial score (nSPS) is 7.83. The fraction of sp³-hybridized carbons (Fsp3) is 0.400. The predicted octanol–water partition coefficient (Wildman–Crippen LogP) is -0.431. The van der Waals surface area contributed by atoms with Crippen molar-refractivity contribution in [3.63, 3.8) is 0 Å². The van der Waals surface area contributed by atoms with Crippen molar-refractivity contribution < 1.29 is 70.2 Å². The van der Waals surface area contributed by atoms with Crippen LogP contribution in [0.4, 0.5) is 5.95 Å². The maximum atomic E-state index is 10.4. The smallest absolute Gasteiger partial charge is 0.207 e. The van der Waals surface area contributed by atoms with Crippen molar-refractivity contribution in [3.05, 3.63) is 6.33 Å². The number of amides is 1. The van der Waals surface area contributed by atoms with Crippen molar-refractivity contribution in [2.75, 3.05) is 5.32 Å². The number of aryl methyl sites for hydroxylation is 1. The number of nitrogens with zero attached hydrogens (tertiary/aromatic N) is 3. The van der Waals surface area contributed by atoms with Crippen molar-refractivity contribution in [3.8, 4) is 0 Å². The van der Waals surface area contributed by atoms with Crippen LogP contribution in [0.25, 0.3) is 0 Å². The number of carbonyl (C=O) groups excluding carboxylic acids is 1. The summed E-state index contributed by atoms with van der Waals surface area (Å²) < 4.78 is 1.39. The molecule has 7 heteroatoms. The van der Waals surface area contributed by atoms with Gasteiger partial charge in [-0.1, -0.05) is 0 Å². The Balaban J connectivity index is 0. The molecule has 0 spiro atoms. The van der Waals surface area contributed by atoms with Crippen molar-refractivity contribution in [2.24, 2.45) is 7.05 Å². The summed E-state index contributed by atoms with van der Waals surface area (Å²) in [7, 11) is 1.68. The monoisotopic (exact) mass is 317 g/mol. The minimum atomic E-state index is -0.181. The van der Waals surface area contributed by atoms with Crippen LogP contribution in [0.15, 0.2) is 0 Å². The summed E-state index contributed by atoms with van der Waals surface area (Å²) in [4.78, 5) is 14.1. The molecular formula is C5H7N4OY2-. The van der Waals surface area contributed by atoms with Gasteiger partial charge in [0.15, 0.2) is 0 Å². The van der Waals surface area contributed by atoms with Gasteiger partial charge in [-0.05, 0) is 6.33 Å². The molecule has 0 aliphatic rings. The third-order valence-corrected chi connectivity index (χ3v) is 0.833. The SMILES string of the molecule is CC(=O)Nc1n[c-]n(C)n1.[Y].[Y]. The minimum absolute atomic E-state index is 0. The summed E-state index contributed by atoms with van der Waals surface area (Å²) in [6.07, 6.45) is 2.51. The number of hydrogen-bond acceptors (Lipinski definition) is 3. The Morgan fingerprint density at radius 1 is 1.58 bits per heavy atom. The zero-order chi connectivity index (χ0) is 7.56. The molecule has 1 aromatic heterocycles. The van der Waals surface area contributed by atoms with Crippen molar-refractivity contribution in [1.29, 1.82) is 0 Å². The zero-order valence-corrected chi connectivity index (χ0v) is 12.6. The first-order chi connectivity index (χ1) is 4.68. The number of aromatic nitrogens is 3. The fourth-order valence-electron chi connectivity index (χ4n) is 0.517. The van der Waals surface area contributed by atoms with E-state index in [2.05, 4.69) is 21.7 Å². The predicted molar refractivity (Wildman–Crippen MR) is 34.1 cm³/mol. The largest absolute Gasteiger partial charge is 0.400 e. The number of nitrogens with one attached hydrogen (secondary N) is 1. The molecule has 1 N–H and O–H groups in total.